The van der Waals surface area contributed by atoms with Crippen LogP contribution in [0, 0.1) is 0 Å². The summed E-state index contributed by atoms with van der Waals surface area (Å²) in [5, 5.41) is 2.73. The van der Waals surface area contributed by atoms with E-state index in [1.165, 1.54) is 0 Å². The highest BCUT2D eigenvalue weighted by molar-refractivity contribution is 5.91. The minimum Gasteiger partial charge on any atom is -0.466 e. The second-order valence-electron chi connectivity index (χ2n) is 6.34. The number of nitrogens with one attached hydrogen (secondary N) is 1. The summed E-state index contributed by atoms with van der Waals surface area (Å²) in [6.45, 7) is 5.50. The molecule has 1 N–H and O–H groups in total. The number of hydrogen-bond donors (Lipinski definition) is 1. The predicted molar refractivity (Wildman–Crippen MR) is 92.4 cm³/mol. The van der Waals surface area contributed by atoms with E-state index in [9.17, 15) is 14.4 Å². The number of carbonyl (C=O) groups is 3. The minimum atomic E-state index is -0.726. The molecule has 1 saturated heterocycles. The number of carbonyl (C=O) groups excluding carboxylic acids is 3. The fourth-order valence-corrected chi connectivity index (χ4v) is 2.82. The van der Waals surface area contributed by atoms with Crippen LogP contribution in [0.15, 0.2) is 0 Å². The highest BCUT2D eigenvalue weighted by Crippen LogP contribution is 2.14. The van der Waals surface area contributed by atoms with E-state index in [0.29, 0.717) is 26.1 Å². The summed E-state index contributed by atoms with van der Waals surface area (Å²) in [5.74, 6) is -0.699. The van der Waals surface area contributed by atoms with Gasteiger partial charge in [0.25, 0.3) is 0 Å². The molecular weight excluding hydrogens is 308 g/mol. The molecule has 0 aliphatic carbocycles. The number of hydrogen-bond acceptors (Lipinski definition) is 4. The molecule has 0 bridgehead atoms. The van der Waals surface area contributed by atoms with Gasteiger partial charge in [0.2, 0.25) is 11.8 Å². The predicted octanol–water partition coefficient (Wildman–Crippen LogP) is 2.41. The first kappa shape index (κ1) is 20.5. The number of rotatable bonds is 11. The first-order valence-electron chi connectivity index (χ1n) is 9.33. The molecule has 2 amide bonds. The average molecular weight is 340 g/mol. The lowest BCUT2D eigenvalue weighted by molar-refractivity contribution is -0.152. The van der Waals surface area contributed by atoms with E-state index in [-0.39, 0.29) is 18.2 Å². The van der Waals surface area contributed by atoms with Crippen molar-refractivity contribution < 1.29 is 19.1 Å². The average Bonchev–Trinajstić information content (AvgIpc) is 2.57. The third kappa shape index (κ3) is 7.32. The van der Waals surface area contributed by atoms with Crippen molar-refractivity contribution >= 4 is 17.8 Å². The fourth-order valence-electron chi connectivity index (χ4n) is 2.82. The molecular formula is C18H32N2O4. The highest BCUT2D eigenvalue weighted by Gasteiger charge is 2.34. The molecule has 0 saturated carbocycles. The van der Waals surface area contributed by atoms with Gasteiger partial charge >= 0.3 is 5.97 Å². The first-order valence-corrected chi connectivity index (χ1v) is 9.33. The van der Waals surface area contributed by atoms with Crippen LogP contribution in [-0.2, 0) is 19.1 Å². The Balaban J connectivity index is 2.48. The Morgan fingerprint density at radius 3 is 2.54 bits per heavy atom. The van der Waals surface area contributed by atoms with Crippen LogP contribution in [0.25, 0.3) is 0 Å². The Kier molecular flexibility index (Phi) is 10.1. The lowest BCUT2D eigenvalue weighted by Crippen LogP contribution is -2.57. The Hall–Kier alpha value is -1.59. The second-order valence-corrected chi connectivity index (χ2v) is 6.34. The lowest BCUT2D eigenvalue weighted by atomic mass is 10.1. The molecule has 0 radical (unpaired) electrons. The summed E-state index contributed by atoms with van der Waals surface area (Å²) in [5.41, 5.74) is 0. The van der Waals surface area contributed by atoms with Crippen molar-refractivity contribution in [1.82, 2.24) is 10.2 Å². The van der Waals surface area contributed by atoms with Crippen molar-refractivity contribution in [3.8, 4) is 0 Å². The standard InChI is InChI=1S/C18H32N2O4/c1-3-5-7-8-10-16(21)20-12-11-19-18(23)15(20)14-17(22)24-13-9-6-4-2/h15H,3-14H2,1-2H3,(H,19,23). The van der Waals surface area contributed by atoms with Gasteiger partial charge in [-0.2, -0.15) is 0 Å². The van der Waals surface area contributed by atoms with Crippen LogP contribution >= 0.6 is 0 Å². The summed E-state index contributed by atoms with van der Waals surface area (Å²) < 4.78 is 5.18. The largest absolute Gasteiger partial charge is 0.466 e. The molecule has 1 unspecified atom stereocenters. The molecule has 6 heteroatoms. The lowest BCUT2D eigenvalue weighted by Gasteiger charge is -2.34. The highest BCUT2D eigenvalue weighted by atomic mass is 16.5. The molecule has 6 nitrogen and oxygen atoms in total. The van der Waals surface area contributed by atoms with Gasteiger partial charge in [-0.15, -0.1) is 0 Å². The maximum atomic E-state index is 12.4. The van der Waals surface area contributed by atoms with E-state index in [2.05, 4.69) is 19.2 Å². The van der Waals surface area contributed by atoms with Gasteiger partial charge in [0.1, 0.15) is 6.04 Å². The number of esters is 1. The third-order valence-corrected chi connectivity index (χ3v) is 4.27. The summed E-state index contributed by atoms with van der Waals surface area (Å²) in [6, 6.07) is -0.726. The summed E-state index contributed by atoms with van der Waals surface area (Å²) in [7, 11) is 0. The Morgan fingerprint density at radius 1 is 1.12 bits per heavy atom. The van der Waals surface area contributed by atoms with Crippen LogP contribution in [0.3, 0.4) is 0 Å². The van der Waals surface area contributed by atoms with E-state index in [4.69, 9.17) is 4.74 Å². The van der Waals surface area contributed by atoms with Crippen LogP contribution in [0.1, 0.15) is 71.6 Å². The third-order valence-electron chi connectivity index (χ3n) is 4.27. The SMILES string of the molecule is CCCCCCC(=O)N1CCNC(=O)C1CC(=O)OCCCCC. The van der Waals surface area contributed by atoms with Crippen LogP contribution in [-0.4, -0.2) is 48.4 Å². The zero-order chi connectivity index (χ0) is 17.8. The van der Waals surface area contributed by atoms with E-state index >= 15 is 0 Å². The maximum absolute atomic E-state index is 12.4. The molecule has 1 rings (SSSR count). The van der Waals surface area contributed by atoms with Crippen molar-refractivity contribution in [1.29, 1.82) is 0 Å². The van der Waals surface area contributed by atoms with Gasteiger partial charge in [0, 0.05) is 19.5 Å². The Bertz CT molecular complexity index is 412. The molecule has 138 valence electrons. The number of piperazine rings is 1. The van der Waals surface area contributed by atoms with E-state index in [1.807, 2.05) is 0 Å². The van der Waals surface area contributed by atoms with Crippen LogP contribution < -0.4 is 5.32 Å². The van der Waals surface area contributed by atoms with Gasteiger partial charge < -0.3 is 15.0 Å². The molecule has 1 aliphatic heterocycles. The quantitative estimate of drug-likeness (QED) is 0.463. The number of unbranched alkanes of at least 4 members (excludes halogenated alkanes) is 5. The molecule has 0 aromatic heterocycles. The number of ether oxygens (including phenoxy) is 1. The molecule has 0 aromatic carbocycles. The van der Waals surface area contributed by atoms with Crippen molar-refractivity contribution in [3.63, 3.8) is 0 Å². The van der Waals surface area contributed by atoms with Gasteiger partial charge in [0.05, 0.1) is 13.0 Å². The van der Waals surface area contributed by atoms with E-state index in [0.717, 1.165) is 44.9 Å². The topological polar surface area (TPSA) is 75.7 Å². The summed E-state index contributed by atoms with van der Waals surface area (Å²) in [6.07, 6.45) is 7.37. The van der Waals surface area contributed by atoms with Crippen LogP contribution in [0.2, 0.25) is 0 Å². The zero-order valence-corrected chi connectivity index (χ0v) is 15.1. The molecule has 1 heterocycles. The molecule has 1 fully saturated rings. The van der Waals surface area contributed by atoms with Crippen molar-refractivity contribution in [2.75, 3.05) is 19.7 Å². The van der Waals surface area contributed by atoms with Crippen molar-refractivity contribution in [2.24, 2.45) is 0 Å². The summed E-state index contributed by atoms with van der Waals surface area (Å²) >= 11 is 0. The molecule has 1 aliphatic rings. The molecule has 0 spiro atoms. The number of amides is 2. The second kappa shape index (κ2) is 11.9. The van der Waals surface area contributed by atoms with Crippen LogP contribution in [0.5, 0.6) is 0 Å². The normalized spacial score (nSPS) is 17.5. The Labute approximate surface area is 145 Å². The fraction of sp³-hybridized carbons (Fsp3) is 0.833. The zero-order valence-electron chi connectivity index (χ0n) is 15.1. The van der Waals surface area contributed by atoms with Crippen molar-refractivity contribution in [2.45, 2.75) is 77.7 Å². The van der Waals surface area contributed by atoms with Crippen LogP contribution in [0.4, 0.5) is 0 Å². The van der Waals surface area contributed by atoms with Crippen molar-refractivity contribution in [3.05, 3.63) is 0 Å². The molecule has 1 atom stereocenters. The molecule has 0 aromatic rings. The maximum Gasteiger partial charge on any atom is 0.308 e. The van der Waals surface area contributed by atoms with E-state index < -0.39 is 12.0 Å². The monoisotopic (exact) mass is 340 g/mol. The van der Waals surface area contributed by atoms with Gasteiger partial charge in [-0.25, -0.2) is 0 Å². The van der Waals surface area contributed by atoms with E-state index in [1.54, 1.807) is 4.90 Å². The summed E-state index contributed by atoms with van der Waals surface area (Å²) in [4.78, 5) is 38.0. The van der Waals surface area contributed by atoms with Gasteiger partial charge in [-0.3, -0.25) is 14.4 Å². The van der Waals surface area contributed by atoms with Gasteiger partial charge in [-0.1, -0.05) is 46.0 Å². The van der Waals surface area contributed by atoms with Gasteiger partial charge in [-0.05, 0) is 12.8 Å². The minimum absolute atomic E-state index is 0.0373. The molecule has 24 heavy (non-hydrogen) atoms. The smallest absolute Gasteiger partial charge is 0.308 e. The van der Waals surface area contributed by atoms with Gasteiger partial charge in [0.15, 0.2) is 0 Å². The number of nitrogens with zero attached hydrogens (tertiary/aromatic N) is 1. The Morgan fingerprint density at radius 2 is 1.83 bits per heavy atom. The first-order chi connectivity index (χ1) is 11.6.